The van der Waals surface area contributed by atoms with E-state index in [4.69, 9.17) is 0 Å². The lowest BCUT2D eigenvalue weighted by atomic mass is 9.91. The van der Waals surface area contributed by atoms with Gasteiger partial charge < -0.3 is 0 Å². The predicted octanol–water partition coefficient (Wildman–Crippen LogP) is 5.54. The molecule has 0 unspecified atom stereocenters. The molecule has 0 fully saturated rings. The molecule has 0 N–H and O–H groups in total. The molecule has 1 aromatic carbocycles. The van der Waals surface area contributed by atoms with Gasteiger partial charge in [-0.2, -0.15) is 25.3 Å². The molecule has 0 aromatic heterocycles. The molecule has 106 valence electrons. The average molecular weight is 277 g/mol. The molecule has 0 amide bonds. The fourth-order valence-corrected chi connectivity index (χ4v) is 2.18. The van der Waals surface area contributed by atoms with E-state index in [2.05, 4.69) is 6.58 Å². The van der Waals surface area contributed by atoms with E-state index in [0.717, 1.165) is 11.1 Å². The van der Waals surface area contributed by atoms with Gasteiger partial charge in [-0.3, -0.25) is 0 Å². The van der Waals surface area contributed by atoms with Crippen molar-refractivity contribution >= 4 is 5.57 Å². The smallest absolute Gasteiger partial charge is 0.171 e. The van der Waals surface area contributed by atoms with Crippen LogP contribution in [0.3, 0.4) is 0 Å². The monoisotopic (exact) mass is 277 g/mol. The topological polar surface area (TPSA) is 0 Å². The molecule has 0 heterocycles. The van der Waals surface area contributed by atoms with E-state index >= 15 is 0 Å². The minimum Gasteiger partial charge on any atom is -0.171 e. The molecular formula is C17H16F3-. The summed E-state index contributed by atoms with van der Waals surface area (Å²) < 4.78 is 39.5. The highest BCUT2D eigenvalue weighted by Crippen LogP contribution is 2.37. The van der Waals surface area contributed by atoms with Crippen molar-refractivity contribution < 1.29 is 13.2 Å². The second-order valence-electron chi connectivity index (χ2n) is 5.15. The quantitative estimate of drug-likeness (QED) is 0.622. The maximum atomic E-state index is 13.2. The first-order chi connectivity index (χ1) is 9.29. The van der Waals surface area contributed by atoms with E-state index in [1.807, 2.05) is 0 Å². The van der Waals surface area contributed by atoms with Gasteiger partial charge in [-0.15, -0.1) is 24.6 Å². The van der Waals surface area contributed by atoms with Gasteiger partial charge in [0.1, 0.15) is 0 Å². The largest absolute Gasteiger partial charge is 0.416 e. The van der Waals surface area contributed by atoms with Crippen molar-refractivity contribution in [2.45, 2.75) is 25.9 Å². The number of halogens is 3. The van der Waals surface area contributed by atoms with Crippen molar-refractivity contribution in [1.29, 1.82) is 0 Å². The van der Waals surface area contributed by atoms with Gasteiger partial charge >= 0.3 is 6.18 Å². The zero-order valence-electron chi connectivity index (χ0n) is 11.5. The van der Waals surface area contributed by atoms with E-state index in [0.29, 0.717) is 11.1 Å². The number of rotatable bonds is 2. The lowest BCUT2D eigenvalue weighted by Gasteiger charge is -2.20. The molecule has 20 heavy (non-hydrogen) atoms. The highest BCUT2D eigenvalue weighted by Gasteiger charge is 2.34. The van der Waals surface area contributed by atoms with Crippen molar-refractivity contribution in [1.82, 2.24) is 0 Å². The van der Waals surface area contributed by atoms with Gasteiger partial charge in [-0.1, -0.05) is 43.2 Å². The van der Waals surface area contributed by atoms with Crippen molar-refractivity contribution in [3.63, 3.8) is 0 Å². The van der Waals surface area contributed by atoms with Crippen LogP contribution in [0.2, 0.25) is 0 Å². The number of allylic oxidation sites excluding steroid dienone is 5. The number of hydrogen-bond donors (Lipinski definition) is 0. The Bertz CT molecular complexity index is 587. The van der Waals surface area contributed by atoms with Gasteiger partial charge in [0.2, 0.25) is 0 Å². The maximum Gasteiger partial charge on any atom is 0.416 e. The van der Waals surface area contributed by atoms with Crippen molar-refractivity contribution in [3.05, 3.63) is 71.7 Å². The van der Waals surface area contributed by atoms with Gasteiger partial charge in [0.25, 0.3) is 0 Å². The second-order valence-corrected chi connectivity index (χ2v) is 5.15. The summed E-state index contributed by atoms with van der Waals surface area (Å²) in [4.78, 5) is 0. The van der Waals surface area contributed by atoms with Crippen LogP contribution in [0.4, 0.5) is 13.2 Å². The van der Waals surface area contributed by atoms with E-state index in [-0.39, 0.29) is 5.92 Å². The minimum atomic E-state index is -4.33. The van der Waals surface area contributed by atoms with Crippen LogP contribution in [0.25, 0.3) is 5.57 Å². The van der Waals surface area contributed by atoms with Crippen LogP contribution >= 0.6 is 0 Å². The average Bonchev–Trinajstić information content (AvgIpc) is 2.38. The van der Waals surface area contributed by atoms with Crippen LogP contribution in [0.1, 0.15) is 36.5 Å². The van der Waals surface area contributed by atoms with Gasteiger partial charge in [0.15, 0.2) is 0 Å². The summed E-state index contributed by atoms with van der Waals surface area (Å²) >= 11 is 0. The first kappa shape index (κ1) is 14.5. The molecule has 2 rings (SSSR count). The van der Waals surface area contributed by atoms with E-state index in [9.17, 15) is 13.2 Å². The summed E-state index contributed by atoms with van der Waals surface area (Å²) in [6, 6.07) is 4.54. The van der Waals surface area contributed by atoms with Crippen LogP contribution in [-0.2, 0) is 6.18 Å². The molecule has 0 aliphatic heterocycles. The predicted molar refractivity (Wildman–Crippen MR) is 76.1 cm³/mol. The number of hydrogen-bond acceptors (Lipinski definition) is 0. The molecule has 1 aliphatic rings. The van der Waals surface area contributed by atoms with Crippen molar-refractivity contribution in [2.75, 3.05) is 0 Å². The fourth-order valence-electron chi connectivity index (χ4n) is 2.18. The highest BCUT2D eigenvalue weighted by molar-refractivity contribution is 5.78. The Balaban J connectivity index is 2.48. The Hall–Kier alpha value is -1.90. The van der Waals surface area contributed by atoms with Crippen molar-refractivity contribution in [2.24, 2.45) is 0 Å². The molecule has 1 aromatic rings. The Labute approximate surface area is 117 Å². The lowest BCUT2D eigenvalue weighted by molar-refractivity contribution is -0.138. The van der Waals surface area contributed by atoms with Crippen LogP contribution in [0.5, 0.6) is 0 Å². The van der Waals surface area contributed by atoms with Gasteiger partial charge in [0, 0.05) is 0 Å². The molecule has 0 radical (unpaired) electrons. The summed E-state index contributed by atoms with van der Waals surface area (Å²) in [6.07, 6.45) is 2.82. The van der Waals surface area contributed by atoms with Crippen molar-refractivity contribution in [3.8, 4) is 0 Å². The summed E-state index contributed by atoms with van der Waals surface area (Å²) in [5, 5.41) is 0. The van der Waals surface area contributed by atoms with E-state index in [1.54, 1.807) is 50.6 Å². The van der Waals surface area contributed by atoms with Gasteiger partial charge in [-0.05, 0) is 11.5 Å². The van der Waals surface area contributed by atoms with Gasteiger partial charge in [0.05, 0.1) is 5.56 Å². The number of benzene rings is 1. The Morgan fingerprint density at radius 1 is 1.15 bits per heavy atom. The molecule has 0 nitrogen and oxygen atoms in total. The Kier molecular flexibility index (Phi) is 3.80. The fraction of sp³-hybridized carbons (Fsp3) is 0.235. The van der Waals surface area contributed by atoms with E-state index in [1.165, 1.54) is 6.07 Å². The normalized spacial score (nSPS) is 15.3. The third kappa shape index (κ3) is 2.98. The molecule has 1 aliphatic carbocycles. The summed E-state index contributed by atoms with van der Waals surface area (Å²) in [6.45, 7) is 7.30. The summed E-state index contributed by atoms with van der Waals surface area (Å²) in [5.74, 6) is -0.164. The first-order valence-electron chi connectivity index (χ1n) is 6.42. The maximum absolute atomic E-state index is 13.2. The Morgan fingerprint density at radius 3 is 2.35 bits per heavy atom. The van der Waals surface area contributed by atoms with Crippen LogP contribution in [0, 0.1) is 6.42 Å². The Morgan fingerprint density at radius 2 is 1.85 bits per heavy atom. The van der Waals surface area contributed by atoms with E-state index < -0.39 is 11.7 Å². The number of alkyl halides is 3. The van der Waals surface area contributed by atoms with Crippen LogP contribution in [-0.4, -0.2) is 0 Å². The second kappa shape index (κ2) is 5.23. The lowest BCUT2D eigenvalue weighted by Crippen LogP contribution is -2.11. The highest BCUT2D eigenvalue weighted by atomic mass is 19.4. The molecule has 0 atom stereocenters. The standard InChI is InChI=1S/C17H16F3/c1-11(2)15-9-8-14(10-16(15)17(18,19)20)13-6-4-12(3)5-7-13/h4-11H,3H2,1-2H3/q-1. The molecule has 0 saturated heterocycles. The summed E-state index contributed by atoms with van der Waals surface area (Å²) in [7, 11) is 0. The zero-order chi connectivity index (χ0) is 14.9. The zero-order valence-corrected chi connectivity index (χ0v) is 11.5. The molecule has 0 spiro atoms. The van der Waals surface area contributed by atoms with Gasteiger partial charge in [-0.25, -0.2) is 0 Å². The third-order valence-electron chi connectivity index (χ3n) is 3.27. The minimum absolute atomic E-state index is 0.164. The molecule has 0 bridgehead atoms. The molecule has 3 heteroatoms. The first-order valence-corrected chi connectivity index (χ1v) is 6.42. The van der Waals surface area contributed by atoms with Crippen LogP contribution in [0.15, 0.2) is 48.6 Å². The molecular weight excluding hydrogens is 261 g/mol. The SMILES string of the molecule is C=C1C=CC(c2ccc(C(C)C)c(C(F)(F)F)c2)=C[CH-]1. The molecule has 0 saturated carbocycles. The third-order valence-corrected chi connectivity index (χ3v) is 3.27. The van der Waals surface area contributed by atoms with Crippen LogP contribution < -0.4 is 0 Å². The summed E-state index contributed by atoms with van der Waals surface area (Å²) in [5.41, 5.74) is 1.95.